The standard InChI is InChI=1S/C31H39N5O3S.C4H10O/c1-19-24(16-27(37)38)29(35-13-10-31(3,4)11-14-35)28(20(2)32-19)22-7-8-23-18-36(12-9-21(23)15-22)25-17-26(39-5)34-30(33-25)40-6;1-4(2,3)5/h7-8,15,17H,9-14,16,18H2,1-6H3,(H,37,38);5H,1-3H3. The molecule has 1 fully saturated rings. The number of nitrogens with zero attached hydrogens (tertiary/aromatic N) is 5. The predicted octanol–water partition coefficient (Wildman–Crippen LogP) is 6.48. The van der Waals surface area contributed by atoms with Crippen molar-refractivity contribution >= 4 is 29.2 Å². The summed E-state index contributed by atoms with van der Waals surface area (Å²) in [5, 5.41) is 19.0. The smallest absolute Gasteiger partial charge is 0.307 e. The van der Waals surface area contributed by atoms with Crippen LogP contribution in [0.1, 0.15) is 75.5 Å². The van der Waals surface area contributed by atoms with Crippen molar-refractivity contribution < 1.29 is 19.7 Å². The number of carbonyl (C=O) groups is 1. The third-order valence-corrected chi connectivity index (χ3v) is 8.86. The van der Waals surface area contributed by atoms with E-state index in [1.165, 1.54) is 22.9 Å². The SMILES string of the molecule is CC(C)(C)O.COc1cc(N2CCc3cc(-c4c(C)nc(C)c(CC(=O)O)c4N4CCC(C)(C)CC4)ccc3C2)nc(SC)n1. The fourth-order valence-electron chi connectivity index (χ4n) is 5.92. The van der Waals surface area contributed by atoms with E-state index in [-0.39, 0.29) is 6.42 Å². The Morgan fingerprint density at radius 1 is 1.00 bits per heavy atom. The molecule has 2 aliphatic rings. The predicted molar refractivity (Wildman–Crippen MR) is 183 cm³/mol. The Balaban J connectivity index is 0.000000854. The van der Waals surface area contributed by atoms with Crippen LogP contribution in [0.25, 0.3) is 11.1 Å². The van der Waals surface area contributed by atoms with E-state index in [9.17, 15) is 9.90 Å². The summed E-state index contributed by atoms with van der Waals surface area (Å²) in [4.78, 5) is 30.6. The van der Waals surface area contributed by atoms with E-state index < -0.39 is 11.6 Å². The van der Waals surface area contributed by atoms with Crippen molar-refractivity contribution in [2.24, 2.45) is 5.41 Å². The second kappa shape index (κ2) is 14.0. The molecule has 2 aromatic heterocycles. The molecule has 2 N–H and O–H groups in total. The van der Waals surface area contributed by atoms with E-state index in [2.05, 4.69) is 53.8 Å². The van der Waals surface area contributed by atoms with Gasteiger partial charge in [0.1, 0.15) is 5.82 Å². The van der Waals surface area contributed by atoms with Crippen molar-refractivity contribution in [3.8, 4) is 17.0 Å². The summed E-state index contributed by atoms with van der Waals surface area (Å²) in [6, 6.07) is 8.58. The minimum atomic E-state index is -0.824. The number of pyridine rings is 1. The number of piperidine rings is 1. The highest BCUT2D eigenvalue weighted by Crippen LogP contribution is 2.42. The van der Waals surface area contributed by atoms with Gasteiger partial charge in [0.25, 0.3) is 0 Å². The summed E-state index contributed by atoms with van der Waals surface area (Å²) < 4.78 is 5.41. The fourth-order valence-corrected chi connectivity index (χ4v) is 6.28. The van der Waals surface area contributed by atoms with Crippen molar-refractivity contribution in [3.63, 3.8) is 0 Å². The lowest BCUT2D eigenvalue weighted by molar-refractivity contribution is -0.136. The molecule has 5 rings (SSSR count). The van der Waals surface area contributed by atoms with E-state index in [0.717, 1.165) is 85.0 Å². The lowest BCUT2D eigenvalue weighted by Gasteiger charge is -2.40. The monoisotopic (exact) mass is 635 g/mol. The number of carboxylic acids is 1. The Morgan fingerprint density at radius 3 is 2.27 bits per heavy atom. The Labute approximate surface area is 272 Å². The Kier molecular flexibility index (Phi) is 10.7. The number of methoxy groups -OCH3 is 1. The van der Waals surface area contributed by atoms with Gasteiger partial charge in [0.2, 0.25) is 5.88 Å². The lowest BCUT2D eigenvalue weighted by atomic mass is 9.82. The molecular formula is C35H49N5O4S. The molecule has 0 bridgehead atoms. The highest BCUT2D eigenvalue weighted by Gasteiger charge is 2.30. The van der Waals surface area contributed by atoms with Crippen LogP contribution in [-0.4, -0.2) is 69.7 Å². The molecule has 0 spiro atoms. The number of aromatic nitrogens is 3. The van der Waals surface area contributed by atoms with Crippen molar-refractivity contribution in [3.05, 3.63) is 52.3 Å². The van der Waals surface area contributed by atoms with Crippen LogP contribution in [0.2, 0.25) is 0 Å². The Hall–Kier alpha value is -3.37. The minimum Gasteiger partial charge on any atom is -0.481 e. The third kappa shape index (κ3) is 8.88. The molecule has 1 aromatic carbocycles. The van der Waals surface area contributed by atoms with E-state index in [1.54, 1.807) is 27.9 Å². The summed E-state index contributed by atoms with van der Waals surface area (Å²) in [5.74, 6) is 0.622. The van der Waals surface area contributed by atoms with Gasteiger partial charge in [0, 0.05) is 54.8 Å². The van der Waals surface area contributed by atoms with E-state index in [0.29, 0.717) is 16.5 Å². The van der Waals surface area contributed by atoms with Gasteiger partial charge in [0.15, 0.2) is 5.16 Å². The van der Waals surface area contributed by atoms with Crippen molar-refractivity contribution in [2.45, 2.75) is 91.5 Å². The lowest BCUT2D eigenvalue weighted by Crippen LogP contribution is -2.38. The number of anilines is 2. The zero-order valence-corrected chi connectivity index (χ0v) is 29.1. The Bertz CT molecular complexity index is 1500. The van der Waals surface area contributed by atoms with E-state index >= 15 is 0 Å². The van der Waals surface area contributed by atoms with E-state index in [1.807, 2.05) is 19.2 Å². The topological polar surface area (TPSA) is 112 Å². The third-order valence-electron chi connectivity index (χ3n) is 8.31. The molecule has 0 saturated carbocycles. The number of benzene rings is 1. The average molecular weight is 636 g/mol. The number of carboxylic acid groups (broad SMARTS) is 1. The van der Waals surface area contributed by atoms with E-state index in [4.69, 9.17) is 19.8 Å². The summed E-state index contributed by atoms with van der Waals surface area (Å²) in [5.41, 5.74) is 8.19. The molecule has 0 aliphatic carbocycles. The van der Waals surface area contributed by atoms with Gasteiger partial charge in [-0.15, -0.1) is 0 Å². The number of aliphatic carboxylic acids is 1. The second-order valence-electron chi connectivity index (χ2n) is 13.8. The van der Waals surface area contributed by atoms with Crippen LogP contribution in [0.5, 0.6) is 5.88 Å². The highest BCUT2D eigenvalue weighted by atomic mass is 32.2. The molecule has 0 atom stereocenters. The van der Waals surface area contributed by atoms with Crippen molar-refractivity contribution in [2.75, 3.05) is 42.8 Å². The Morgan fingerprint density at radius 2 is 1.67 bits per heavy atom. The molecule has 1 saturated heterocycles. The first-order valence-corrected chi connectivity index (χ1v) is 16.8. The molecule has 244 valence electrons. The largest absolute Gasteiger partial charge is 0.481 e. The number of ether oxygens (including phenoxy) is 1. The molecule has 9 nitrogen and oxygen atoms in total. The summed E-state index contributed by atoms with van der Waals surface area (Å²) in [6.45, 7) is 17.3. The molecule has 2 aliphatic heterocycles. The molecule has 45 heavy (non-hydrogen) atoms. The van der Waals surface area contributed by atoms with Crippen LogP contribution in [0.15, 0.2) is 29.4 Å². The first-order valence-electron chi connectivity index (χ1n) is 15.6. The van der Waals surface area contributed by atoms with Gasteiger partial charge in [0.05, 0.1) is 24.8 Å². The molecule has 4 heterocycles. The number of hydrogen-bond donors (Lipinski definition) is 2. The quantitative estimate of drug-likeness (QED) is 0.221. The number of thioether (sulfide) groups is 1. The zero-order chi connectivity index (χ0) is 33.1. The number of rotatable bonds is 7. The maximum Gasteiger partial charge on any atom is 0.307 e. The van der Waals surface area contributed by atoms with Gasteiger partial charge in [-0.25, -0.2) is 4.98 Å². The summed E-state index contributed by atoms with van der Waals surface area (Å²) >= 11 is 1.51. The molecule has 0 radical (unpaired) electrons. The number of fused-ring (bicyclic) bond motifs is 1. The average Bonchev–Trinajstić information content (AvgIpc) is 2.96. The number of aliphatic hydroxyl groups is 1. The fraction of sp³-hybridized carbons (Fsp3) is 0.543. The zero-order valence-electron chi connectivity index (χ0n) is 28.3. The van der Waals surface area contributed by atoms with Crippen molar-refractivity contribution in [1.82, 2.24) is 15.0 Å². The first-order chi connectivity index (χ1) is 21.1. The maximum absolute atomic E-state index is 11.9. The van der Waals surface area contributed by atoms with Crippen LogP contribution < -0.4 is 14.5 Å². The number of aryl methyl sites for hydroxylation is 2. The van der Waals surface area contributed by atoms with Crippen LogP contribution in [-0.2, 0) is 24.2 Å². The maximum atomic E-state index is 11.9. The molecule has 0 unspecified atom stereocenters. The first kappa shape index (κ1) is 34.5. The normalized spacial score (nSPS) is 16.0. The molecule has 3 aromatic rings. The van der Waals surface area contributed by atoms with Crippen LogP contribution in [0.3, 0.4) is 0 Å². The molecular weight excluding hydrogens is 586 g/mol. The van der Waals surface area contributed by atoms with Crippen LogP contribution in [0, 0.1) is 19.3 Å². The van der Waals surface area contributed by atoms with Crippen LogP contribution >= 0.6 is 11.8 Å². The van der Waals surface area contributed by atoms with Gasteiger partial charge in [-0.3, -0.25) is 9.78 Å². The molecule has 0 amide bonds. The van der Waals surface area contributed by atoms with Gasteiger partial charge < -0.3 is 24.7 Å². The second-order valence-corrected chi connectivity index (χ2v) is 14.6. The highest BCUT2D eigenvalue weighted by molar-refractivity contribution is 7.98. The summed E-state index contributed by atoms with van der Waals surface area (Å²) in [7, 11) is 1.63. The molecule has 10 heteroatoms. The van der Waals surface area contributed by atoms with Gasteiger partial charge in [-0.1, -0.05) is 43.8 Å². The number of hydrogen-bond acceptors (Lipinski definition) is 9. The van der Waals surface area contributed by atoms with Gasteiger partial charge in [-0.05, 0) is 82.2 Å². The van der Waals surface area contributed by atoms with Crippen LogP contribution in [0.4, 0.5) is 11.5 Å². The van der Waals surface area contributed by atoms with Crippen molar-refractivity contribution in [1.29, 1.82) is 0 Å². The van der Waals surface area contributed by atoms with Gasteiger partial charge >= 0.3 is 5.97 Å². The van der Waals surface area contributed by atoms with Gasteiger partial charge in [-0.2, -0.15) is 4.98 Å². The minimum absolute atomic E-state index is 0.0261. The summed E-state index contributed by atoms with van der Waals surface area (Å²) in [6.07, 6.45) is 4.98.